The van der Waals surface area contributed by atoms with Gasteiger partial charge in [0, 0.05) is 12.8 Å². The lowest BCUT2D eigenvalue weighted by Crippen LogP contribution is -2.64. The maximum Gasteiger partial charge on any atom is 0.472 e. The van der Waals surface area contributed by atoms with Crippen LogP contribution < -0.4 is 0 Å². The van der Waals surface area contributed by atoms with E-state index in [4.69, 9.17) is 18.5 Å². The molecule has 0 aromatic heterocycles. The highest BCUT2D eigenvalue weighted by Crippen LogP contribution is 2.47. The van der Waals surface area contributed by atoms with E-state index in [1.807, 2.05) is 0 Å². The largest absolute Gasteiger partial charge is 0.472 e. The van der Waals surface area contributed by atoms with Crippen LogP contribution in [0.15, 0.2) is 12.2 Å². The monoisotopic (exact) mass is 921 g/mol. The molecule has 14 heteroatoms. The Hall–Kier alpha value is -1.41. The second-order valence-electron chi connectivity index (χ2n) is 18.0. The molecule has 0 amide bonds. The summed E-state index contributed by atoms with van der Waals surface area (Å²) in [6.45, 7) is 3.31. The first-order valence-corrected chi connectivity index (χ1v) is 27.0. The zero-order valence-electron chi connectivity index (χ0n) is 39.6. The van der Waals surface area contributed by atoms with E-state index in [9.17, 15) is 44.6 Å². The Bertz CT molecular complexity index is 1160. The molecule has 372 valence electrons. The van der Waals surface area contributed by atoms with Crippen molar-refractivity contribution in [2.24, 2.45) is 0 Å². The molecule has 1 aliphatic rings. The molecule has 1 rings (SSSR count). The maximum absolute atomic E-state index is 12.8. The van der Waals surface area contributed by atoms with Crippen molar-refractivity contribution in [2.75, 3.05) is 13.2 Å². The van der Waals surface area contributed by atoms with E-state index >= 15 is 0 Å². The first-order chi connectivity index (χ1) is 30.4. The number of aliphatic hydroxyl groups excluding tert-OH is 5. The lowest BCUT2D eigenvalue weighted by Gasteiger charge is -2.41. The van der Waals surface area contributed by atoms with Crippen molar-refractivity contribution in [1.82, 2.24) is 0 Å². The number of aliphatic hydroxyl groups is 5. The number of ether oxygens (including phenoxy) is 2. The van der Waals surface area contributed by atoms with Gasteiger partial charge in [-0.2, -0.15) is 0 Å². The minimum Gasteiger partial charge on any atom is -0.462 e. The summed E-state index contributed by atoms with van der Waals surface area (Å²) in [5, 5.41) is 50.2. The summed E-state index contributed by atoms with van der Waals surface area (Å²) in [6.07, 6.45) is 29.9. The summed E-state index contributed by atoms with van der Waals surface area (Å²) < 4.78 is 33.6. The molecule has 8 atom stereocenters. The second-order valence-corrected chi connectivity index (χ2v) is 19.4. The van der Waals surface area contributed by atoms with Gasteiger partial charge in [0.15, 0.2) is 6.10 Å². The van der Waals surface area contributed by atoms with Crippen LogP contribution in [0.1, 0.15) is 232 Å². The molecule has 1 fully saturated rings. The van der Waals surface area contributed by atoms with Gasteiger partial charge in [-0.15, -0.1) is 0 Å². The van der Waals surface area contributed by atoms with Crippen molar-refractivity contribution in [1.29, 1.82) is 0 Å². The molecule has 0 aromatic rings. The van der Waals surface area contributed by atoms with Crippen LogP contribution in [0.4, 0.5) is 0 Å². The predicted molar refractivity (Wildman–Crippen MR) is 249 cm³/mol. The summed E-state index contributed by atoms with van der Waals surface area (Å²) in [5.41, 5.74) is 0. The van der Waals surface area contributed by atoms with Crippen molar-refractivity contribution < 1.29 is 63.1 Å². The van der Waals surface area contributed by atoms with Gasteiger partial charge < -0.3 is 39.9 Å². The number of rotatable bonds is 43. The molecule has 0 spiro atoms. The van der Waals surface area contributed by atoms with Gasteiger partial charge in [-0.3, -0.25) is 18.6 Å². The Morgan fingerprint density at radius 3 is 1.22 bits per heavy atom. The second kappa shape index (κ2) is 39.7. The van der Waals surface area contributed by atoms with E-state index in [1.54, 1.807) is 0 Å². The highest BCUT2D eigenvalue weighted by Gasteiger charge is 2.51. The van der Waals surface area contributed by atoms with Crippen molar-refractivity contribution >= 4 is 19.8 Å². The van der Waals surface area contributed by atoms with Crippen LogP contribution in [0, 0.1) is 0 Å². The highest BCUT2D eigenvalue weighted by molar-refractivity contribution is 7.47. The average molecular weight is 921 g/mol. The number of phosphoric ester groups is 1. The molecule has 0 radical (unpaired) electrons. The van der Waals surface area contributed by atoms with Crippen LogP contribution in [0.3, 0.4) is 0 Å². The molecule has 1 saturated carbocycles. The molecule has 0 bridgehead atoms. The van der Waals surface area contributed by atoms with Gasteiger partial charge in [-0.25, -0.2) is 4.57 Å². The third-order valence-electron chi connectivity index (χ3n) is 12.1. The molecule has 13 nitrogen and oxygen atoms in total. The summed E-state index contributed by atoms with van der Waals surface area (Å²) in [4.78, 5) is 35.8. The number of esters is 2. The minimum absolute atomic E-state index is 0.0806. The lowest BCUT2D eigenvalue weighted by molar-refractivity contribution is -0.220. The van der Waals surface area contributed by atoms with E-state index in [2.05, 4.69) is 26.0 Å². The smallest absolute Gasteiger partial charge is 0.462 e. The molecule has 0 saturated heterocycles. The maximum atomic E-state index is 12.8. The van der Waals surface area contributed by atoms with E-state index < -0.39 is 75.7 Å². The predicted octanol–water partition coefficient (Wildman–Crippen LogP) is 10.6. The zero-order chi connectivity index (χ0) is 46.4. The number of carbonyl (C=O) groups is 2. The standard InChI is InChI=1S/C49H93O13P/c1-3-5-7-9-11-13-15-17-18-19-20-21-22-23-24-26-27-29-31-33-35-37-42(50)59-39-41(40-60-63(57,58)62-49-47(55)45(53)44(52)46(54)48(49)56)61-43(51)38-36-34-32-30-28-25-16-14-12-10-8-6-4-2/h25,28,41,44-49,52-56H,3-24,26-27,29-40H2,1-2H3,(H,57,58)/b28-25+/t41-,44?,45-,46?,47?,48?,49?/m0/s1. The lowest BCUT2D eigenvalue weighted by atomic mass is 9.85. The molecule has 0 aliphatic heterocycles. The third-order valence-corrected chi connectivity index (χ3v) is 13.1. The van der Waals surface area contributed by atoms with Crippen molar-refractivity contribution in [2.45, 2.75) is 275 Å². The highest BCUT2D eigenvalue weighted by atomic mass is 31.2. The van der Waals surface area contributed by atoms with Gasteiger partial charge in [0.1, 0.15) is 43.2 Å². The van der Waals surface area contributed by atoms with Gasteiger partial charge >= 0.3 is 19.8 Å². The number of phosphoric acid groups is 1. The van der Waals surface area contributed by atoms with Crippen molar-refractivity contribution in [3.05, 3.63) is 12.2 Å². The van der Waals surface area contributed by atoms with Crippen LogP contribution in [0.25, 0.3) is 0 Å². The summed E-state index contributed by atoms with van der Waals surface area (Å²) in [7, 11) is -5.12. The van der Waals surface area contributed by atoms with E-state index in [1.165, 1.54) is 148 Å². The van der Waals surface area contributed by atoms with E-state index in [0.717, 1.165) is 44.9 Å². The zero-order valence-corrected chi connectivity index (χ0v) is 40.5. The molecule has 63 heavy (non-hydrogen) atoms. The van der Waals surface area contributed by atoms with Gasteiger partial charge in [0.2, 0.25) is 0 Å². The van der Waals surface area contributed by atoms with Gasteiger partial charge in [-0.1, -0.05) is 193 Å². The van der Waals surface area contributed by atoms with Crippen molar-refractivity contribution in [3.63, 3.8) is 0 Å². The minimum atomic E-state index is -5.12. The van der Waals surface area contributed by atoms with Crippen LogP contribution in [0.2, 0.25) is 0 Å². The molecule has 6 N–H and O–H groups in total. The molecular formula is C49H93O13P. The topological polar surface area (TPSA) is 210 Å². The van der Waals surface area contributed by atoms with Gasteiger partial charge in [-0.05, 0) is 38.5 Å². The Balaban J connectivity index is 2.36. The summed E-state index contributed by atoms with van der Waals surface area (Å²) in [6, 6.07) is 0. The fourth-order valence-electron chi connectivity index (χ4n) is 7.99. The first-order valence-electron chi connectivity index (χ1n) is 25.5. The number of hydrogen-bond donors (Lipinski definition) is 6. The van der Waals surface area contributed by atoms with Crippen molar-refractivity contribution in [3.8, 4) is 0 Å². The van der Waals surface area contributed by atoms with E-state index in [-0.39, 0.29) is 12.8 Å². The van der Waals surface area contributed by atoms with Gasteiger partial charge in [0.25, 0.3) is 0 Å². The van der Waals surface area contributed by atoms with Gasteiger partial charge in [0.05, 0.1) is 6.61 Å². The third kappa shape index (κ3) is 32.0. The molecule has 1 aliphatic carbocycles. The average Bonchev–Trinajstić information content (AvgIpc) is 3.26. The quantitative estimate of drug-likeness (QED) is 0.0146. The molecular weight excluding hydrogens is 828 g/mol. The van der Waals surface area contributed by atoms with Crippen LogP contribution in [-0.4, -0.2) is 98.3 Å². The van der Waals surface area contributed by atoms with E-state index in [0.29, 0.717) is 12.8 Å². The number of carbonyl (C=O) groups excluding carboxylic acids is 2. The summed E-state index contributed by atoms with van der Waals surface area (Å²) in [5.74, 6) is -1.11. The Morgan fingerprint density at radius 2 is 0.810 bits per heavy atom. The van der Waals surface area contributed by atoms with Crippen LogP contribution in [0.5, 0.6) is 0 Å². The fourth-order valence-corrected chi connectivity index (χ4v) is 8.96. The summed E-state index contributed by atoms with van der Waals surface area (Å²) >= 11 is 0. The number of unbranched alkanes of at least 4 members (excludes halogenated alkanes) is 29. The Labute approximate surface area is 382 Å². The van der Waals surface area contributed by atoms with Crippen LogP contribution in [-0.2, 0) is 32.7 Å². The number of hydrogen-bond acceptors (Lipinski definition) is 12. The van der Waals surface area contributed by atoms with Crippen LogP contribution >= 0.6 is 7.82 Å². The SMILES string of the molecule is CCCCCCCC/C=C/CCCCCC(=O)O[C@@H](COC(=O)CCCCCCCCCCCCCCCCCCCCCCC)COP(=O)(O)OC1C(O)C(O)C(O)[C@H](O)C1O. The molecule has 0 aromatic carbocycles. The number of allylic oxidation sites excluding steroid dienone is 2. The normalized spacial score (nSPS) is 21.7. The molecule has 6 unspecified atom stereocenters. The Morgan fingerprint density at radius 1 is 0.476 bits per heavy atom. The first kappa shape index (κ1) is 59.6. The fraction of sp³-hybridized carbons (Fsp3) is 0.918. The molecule has 0 heterocycles. The Kier molecular flexibility index (Phi) is 37.6.